The Morgan fingerprint density at radius 1 is 1.50 bits per heavy atom. The Labute approximate surface area is 94.9 Å². The normalized spacial score (nSPS) is 10.0. The van der Waals surface area contributed by atoms with Gasteiger partial charge >= 0.3 is 0 Å². The van der Waals surface area contributed by atoms with Crippen LogP contribution in [0.4, 0.5) is 10.7 Å². The molecule has 0 fully saturated rings. The van der Waals surface area contributed by atoms with Gasteiger partial charge in [0.25, 0.3) is 5.91 Å². The minimum absolute atomic E-state index is 0.119. The molecule has 2 rings (SSSR count). The van der Waals surface area contributed by atoms with Gasteiger partial charge in [0.1, 0.15) is 5.00 Å². The summed E-state index contributed by atoms with van der Waals surface area (Å²) in [5.41, 5.74) is 5.76. The Morgan fingerprint density at radius 2 is 2.31 bits per heavy atom. The van der Waals surface area contributed by atoms with Gasteiger partial charge in [-0.05, 0) is 12.1 Å². The molecule has 0 radical (unpaired) electrons. The molecule has 2 aromatic rings. The van der Waals surface area contributed by atoms with Crippen molar-refractivity contribution >= 4 is 28.1 Å². The van der Waals surface area contributed by atoms with E-state index in [1.807, 2.05) is 0 Å². The number of carbonyl (C=O) groups is 1. The SMILES string of the molecule is Nc1cccc(C(=O)Nc2cnns2)c1O. The number of nitrogens with zero attached hydrogens (tertiary/aromatic N) is 2. The molecule has 0 aliphatic rings. The Kier molecular flexibility index (Phi) is 2.69. The van der Waals surface area contributed by atoms with E-state index in [0.29, 0.717) is 5.00 Å². The number of carbonyl (C=O) groups excluding carboxylic acids is 1. The number of hydrogen-bond acceptors (Lipinski definition) is 6. The Morgan fingerprint density at radius 3 is 3.00 bits per heavy atom. The lowest BCUT2D eigenvalue weighted by Gasteiger charge is -2.05. The molecule has 6 nitrogen and oxygen atoms in total. The number of nitrogens with two attached hydrogens (primary N) is 1. The number of phenols is 1. The van der Waals surface area contributed by atoms with Gasteiger partial charge in [0.2, 0.25) is 0 Å². The predicted molar refractivity (Wildman–Crippen MR) is 60.4 cm³/mol. The first kappa shape index (κ1) is 10.4. The summed E-state index contributed by atoms with van der Waals surface area (Å²) in [5.74, 6) is -0.673. The molecular weight excluding hydrogens is 228 g/mol. The van der Waals surface area contributed by atoms with Gasteiger partial charge in [0.05, 0.1) is 17.4 Å². The second-order valence-corrected chi connectivity index (χ2v) is 3.76. The zero-order valence-corrected chi connectivity index (χ0v) is 8.86. The quantitative estimate of drug-likeness (QED) is 0.535. The number of nitrogen functional groups attached to an aromatic ring is 1. The van der Waals surface area contributed by atoms with Crippen LogP contribution < -0.4 is 11.1 Å². The van der Waals surface area contributed by atoms with Crippen molar-refractivity contribution in [3.05, 3.63) is 30.0 Å². The average molecular weight is 236 g/mol. The first-order valence-electron chi connectivity index (χ1n) is 4.34. The largest absolute Gasteiger partial charge is 0.505 e. The lowest BCUT2D eigenvalue weighted by atomic mass is 10.1. The summed E-state index contributed by atoms with van der Waals surface area (Å²) in [5, 5.41) is 16.2. The van der Waals surface area contributed by atoms with E-state index in [-0.39, 0.29) is 17.0 Å². The monoisotopic (exact) mass is 236 g/mol. The zero-order chi connectivity index (χ0) is 11.5. The maximum absolute atomic E-state index is 11.7. The van der Waals surface area contributed by atoms with Gasteiger partial charge in [-0.1, -0.05) is 10.6 Å². The van der Waals surface area contributed by atoms with Gasteiger partial charge in [-0.15, -0.1) is 5.10 Å². The maximum atomic E-state index is 11.7. The molecule has 4 N–H and O–H groups in total. The summed E-state index contributed by atoms with van der Waals surface area (Å²) in [6.45, 7) is 0. The third kappa shape index (κ3) is 1.94. The molecule has 0 aliphatic carbocycles. The van der Waals surface area contributed by atoms with Gasteiger partial charge in [-0.3, -0.25) is 4.79 Å². The highest BCUT2D eigenvalue weighted by molar-refractivity contribution is 7.10. The number of hydrogen-bond donors (Lipinski definition) is 3. The number of rotatable bonds is 2. The van der Waals surface area contributed by atoms with Gasteiger partial charge in [0.15, 0.2) is 5.75 Å². The highest BCUT2D eigenvalue weighted by Crippen LogP contribution is 2.25. The minimum Gasteiger partial charge on any atom is -0.505 e. The third-order valence-electron chi connectivity index (χ3n) is 1.91. The summed E-state index contributed by atoms with van der Waals surface area (Å²) in [4.78, 5) is 11.7. The number of nitrogens with one attached hydrogen (secondary N) is 1. The smallest absolute Gasteiger partial charge is 0.260 e. The van der Waals surface area contributed by atoms with Crippen LogP contribution >= 0.6 is 11.5 Å². The van der Waals surface area contributed by atoms with Crippen molar-refractivity contribution in [2.75, 3.05) is 11.1 Å². The zero-order valence-electron chi connectivity index (χ0n) is 8.04. The summed E-state index contributed by atoms with van der Waals surface area (Å²) in [6.07, 6.45) is 1.42. The molecule has 0 saturated heterocycles. The van der Waals surface area contributed by atoms with E-state index in [1.54, 1.807) is 6.07 Å². The molecular formula is C9H8N4O2S. The maximum Gasteiger partial charge on any atom is 0.260 e. The number of phenolic OH excluding ortho intramolecular Hbond substituents is 1. The molecule has 7 heteroatoms. The van der Waals surface area contributed by atoms with E-state index in [1.165, 1.54) is 18.3 Å². The van der Waals surface area contributed by atoms with Crippen molar-refractivity contribution in [3.8, 4) is 5.75 Å². The first-order valence-corrected chi connectivity index (χ1v) is 5.12. The summed E-state index contributed by atoms with van der Waals surface area (Å²) in [7, 11) is 0. The average Bonchev–Trinajstić information content (AvgIpc) is 2.74. The van der Waals surface area contributed by atoms with Gasteiger partial charge < -0.3 is 16.2 Å². The number of benzene rings is 1. The van der Waals surface area contributed by atoms with Crippen LogP contribution in [-0.2, 0) is 0 Å². The molecule has 0 bridgehead atoms. The molecule has 0 atom stereocenters. The van der Waals surface area contributed by atoms with E-state index in [4.69, 9.17) is 5.73 Å². The number of aromatic nitrogens is 2. The minimum atomic E-state index is -0.448. The fourth-order valence-electron chi connectivity index (χ4n) is 1.15. The van der Waals surface area contributed by atoms with Gasteiger partial charge in [-0.2, -0.15) is 0 Å². The molecule has 16 heavy (non-hydrogen) atoms. The second-order valence-electron chi connectivity index (χ2n) is 2.98. The van der Waals surface area contributed by atoms with Crippen molar-refractivity contribution in [3.63, 3.8) is 0 Å². The molecule has 1 aromatic heterocycles. The van der Waals surface area contributed by atoms with Crippen molar-refractivity contribution < 1.29 is 9.90 Å². The standard InChI is InChI=1S/C9H8N4O2S/c10-6-3-1-2-5(8(6)14)9(15)12-7-4-11-13-16-7/h1-4,14H,10H2,(H,12,15). The molecule has 1 aromatic carbocycles. The number of anilines is 2. The number of para-hydroxylation sites is 1. The Hall–Kier alpha value is -2.15. The molecule has 1 amide bonds. The first-order chi connectivity index (χ1) is 7.68. The van der Waals surface area contributed by atoms with Crippen LogP contribution in [0.3, 0.4) is 0 Å². The molecule has 0 unspecified atom stereocenters. The van der Waals surface area contributed by atoms with E-state index in [9.17, 15) is 9.90 Å². The van der Waals surface area contributed by atoms with Crippen LogP contribution in [0, 0.1) is 0 Å². The molecule has 0 saturated carbocycles. The third-order valence-corrected chi connectivity index (χ3v) is 2.49. The molecule has 82 valence electrons. The lowest BCUT2D eigenvalue weighted by Crippen LogP contribution is -2.11. The fraction of sp³-hybridized carbons (Fsp3) is 0. The Balaban J connectivity index is 2.24. The van der Waals surface area contributed by atoms with Gasteiger partial charge in [-0.25, -0.2) is 0 Å². The van der Waals surface area contributed by atoms with Crippen molar-refractivity contribution in [1.82, 2.24) is 9.59 Å². The van der Waals surface area contributed by atoms with Crippen molar-refractivity contribution in [2.24, 2.45) is 0 Å². The van der Waals surface area contributed by atoms with Crippen LogP contribution in [-0.4, -0.2) is 20.6 Å². The van der Waals surface area contributed by atoms with E-state index in [2.05, 4.69) is 14.9 Å². The molecule has 1 heterocycles. The van der Waals surface area contributed by atoms with Crippen LogP contribution in [0.1, 0.15) is 10.4 Å². The van der Waals surface area contributed by atoms with Crippen LogP contribution in [0.25, 0.3) is 0 Å². The Bertz CT molecular complexity index is 512. The lowest BCUT2D eigenvalue weighted by molar-refractivity contribution is 0.102. The van der Waals surface area contributed by atoms with Crippen LogP contribution in [0.2, 0.25) is 0 Å². The van der Waals surface area contributed by atoms with E-state index >= 15 is 0 Å². The number of amides is 1. The number of aromatic hydroxyl groups is 1. The highest BCUT2D eigenvalue weighted by Gasteiger charge is 2.13. The highest BCUT2D eigenvalue weighted by atomic mass is 32.1. The van der Waals surface area contributed by atoms with Crippen molar-refractivity contribution in [1.29, 1.82) is 0 Å². The van der Waals surface area contributed by atoms with E-state index in [0.717, 1.165) is 11.5 Å². The van der Waals surface area contributed by atoms with Crippen LogP contribution in [0.15, 0.2) is 24.4 Å². The second kappa shape index (κ2) is 4.15. The summed E-state index contributed by atoms with van der Waals surface area (Å²) in [6, 6.07) is 4.59. The summed E-state index contributed by atoms with van der Waals surface area (Å²) >= 11 is 1.05. The fourth-order valence-corrected chi connectivity index (χ4v) is 1.56. The van der Waals surface area contributed by atoms with Crippen molar-refractivity contribution in [2.45, 2.75) is 0 Å². The van der Waals surface area contributed by atoms with Gasteiger partial charge in [0, 0.05) is 11.5 Å². The summed E-state index contributed by atoms with van der Waals surface area (Å²) < 4.78 is 3.60. The molecule has 0 aliphatic heterocycles. The topological polar surface area (TPSA) is 101 Å². The van der Waals surface area contributed by atoms with Crippen LogP contribution in [0.5, 0.6) is 5.75 Å². The van der Waals surface area contributed by atoms with E-state index < -0.39 is 5.91 Å². The molecule has 0 spiro atoms. The predicted octanol–water partition coefficient (Wildman–Crippen LogP) is 1.08.